The molecule has 6 rings (SSSR count). The summed E-state index contributed by atoms with van der Waals surface area (Å²) in [6.07, 6.45) is 9.09. The zero-order valence-corrected chi connectivity index (χ0v) is 23.1. The predicted molar refractivity (Wildman–Crippen MR) is 141 cm³/mol. The molecule has 0 radical (unpaired) electrons. The lowest BCUT2D eigenvalue weighted by atomic mass is 9.81. The maximum atomic E-state index is 14.2. The van der Waals surface area contributed by atoms with E-state index in [4.69, 9.17) is 5.73 Å². The number of hydrogen-bond donors (Lipinski definition) is 4. The van der Waals surface area contributed by atoms with Crippen molar-refractivity contribution in [2.75, 3.05) is 13.1 Å². The van der Waals surface area contributed by atoms with Crippen molar-refractivity contribution >= 4 is 29.5 Å². The van der Waals surface area contributed by atoms with Gasteiger partial charge < -0.3 is 26.6 Å². The molecule has 2 saturated heterocycles. The Morgan fingerprint density at radius 3 is 2.44 bits per heavy atom. The highest BCUT2D eigenvalue weighted by Gasteiger charge is 2.66. The van der Waals surface area contributed by atoms with E-state index in [1.807, 2.05) is 20.8 Å². The Kier molecular flexibility index (Phi) is 6.11. The topological polar surface area (TPSA) is 151 Å². The summed E-state index contributed by atoms with van der Waals surface area (Å²) in [5, 5.41) is 8.66. The van der Waals surface area contributed by atoms with E-state index < -0.39 is 35.4 Å². The average molecular weight is 540 g/mol. The van der Waals surface area contributed by atoms with Crippen LogP contribution >= 0.6 is 0 Å². The molecule has 1 unspecified atom stereocenters. The molecule has 1 spiro atoms. The van der Waals surface area contributed by atoms with Gasteiger partial charge in [-0.25, -0.2) is 0 Å². The Morgan fingerprint density at radius 1 is 1.13 bits per heavy atom. The molecule has 3 saturated carbocycles. The molecule has 0 aromatic heterocycles. The lowest BCUT2D eigenvalue weighted by molar-refractivity contribution is -0.145. The van der Waals surface area contributed by atoms with Gasteiger partial charge in [0, 0.05) is 24.9 Å². The minimum absolute atomic E-state index is 0.0173. The number of primary amides is 1. The second-order valence-electron chi connectivity index (χ2n) is 14.0. The Balaban J connectivity index is 1.23. The van der Waals surface area contributed by atoms with Crippen LogP contribution in [-0.2, 0) is 24.0 Å². The van der Waals surface area contributed by atoms with Crippen LogP contribution in [-0.4, -0.2) is 65.7 Å². The van der Waals surface area contributed by atoms with Crippen molar-refractivity contribution in [2.24, 2.45) is 52.1 Å². The number of rotatable bonds is 8. The quantitative estimate of drug-likeness (QED) is 0.331. The molecule has 5 amide bonds. The van der Waals surface area contributed by atoms with E-state index >= 15 is 0 Å². The molecule has 39 heavy (non-hydrogen) atoms. The monoisotopic (exact) mass is 539 g/mol. The summed E-state index contributed by atoms with van der Waals surface area (Å²) in [4.78, 5) is 67.4. The largest absolute Gasteiger partial charge is 0.368 e. The fourth-order valence-corrected chi connectivity index (χ4v) is 7.93. The first kappa shape index (κ1) is 26.3. The number of nitrogens with one attached hydrogen (secondary N) is 3. The molecule has 2 bridgehead atoms. The van der Waals surface area contributed by atoms with E-state index in [0.29, 0.717) is 25.4 Å². The summed E-state index contributed by atoms with van der Waals surface area (Å²) in [7, 11) is 0. The van der Waals surface area contributed by atoms with Gasteiger partial charge in [-0.2, -0.15) is 0 Å². The van der Waals surface area contributed by atoms with Gasteiger partial charge in [-0.1, -0.05) is 32.9 Å². The van der Waals surface area contributed by atoms with Crippen molar-refractivity contribution in [2.45, 2.75) is 77.4 Å². The number of nitrogens with zero attached hydrogens (tertiary/aromatic N) is 1. The minimum Gasteiger partial charge on any atom is -0.368 e. The van der Waals surface area contributed by atoms with E-state index in [1.54, 1.807) is 4.90 Å². The highest BCUT2D eigenvalue weighted by atomic mass is 16.2. The zero-order valence-electron chi connectivity index (χ0n) is 23.1. The van der Waals surface area contributed by atoms with Crippen LogP contribution in [0.3, 0.4) is 0 Å². The normalized spacial score (nSPS) is 36.3. The Morgan fingerprint density at radius 2 is 1.85 bits per heavy atom. The molecule has 5 N–H and O–H groups in total. The first-order valence-corrected chi connectivity index (χ1v) is 14.6. The second-order valence-corrected chi connectivity index (χ2v) is 14.0. The fourth-order valence-electron chi connectivity index (χ4n) is 7.93. The smallest absolute Gasteiger partial charge is 0.246 e. The fraction of sp³-hybridized carbons (Fsp3) is 0.759. The third-order valence-electron chi connectivity index (χ3n) is 10.5. The standard InChI is InChI=1S/C29H41N5O5/c1-28(2,3)22(33-25(37)18-12-29(18)7-8-29)27(39)34-13-17-14-4-5-15(10-14)20(17)21(34)26(38)32-19(23(30)35)11-16-6-9-31-24(16)36/h4-5,14-22H,6-13H2,1-3H3,(H2,30,35)(H,31,36)(H,32,38)(H,33,37)/t14-,15+,16+,17-,18?,19+,20+,21+,22-/m1/s1. The van der Waals surface area contributed by atoms with Crippen LogP contribution in [0.25, 0.3) is 0 Å². The van der Waals surface area contributed by atoms with Gasteiger partial charge in [-0.15, -0.1) is 0 Å². The molecule has 5 fully saturated rings. The maximum Gasteiger partial charge on any atom is 0.246 e. The van der Waals surface area contributed by atoms with Gasteiger partial charge in [0.15, 0.2) is 0 Å². The van der Waals surface area contributed by atoms with Crippen LogP contribution in [0.2, 0.25) is 0 Å². The Hall–Kier alpha value is -2.91. The summed E-state index contributed by atoms with van der Waals surface area (Å²) >= 11 is 0. The SMILES string of the molecule is CC(C)(C)[C@H](NC(=O)C1CC12CC2)C(=O)N1C[C@H]2[C@@H]([C@H]1C(=O)N[C@@H](C[C@@H]1CCNC1=O)C(N)=O)[C@H]1C=C[C@@H]2C1. The van der Waals surface area contributed by atoms with Crippen molar-refractivity contribution < 1.29 is 24.0 Å². The molecule has 212 valence electrons. The van der Waals surface area contributed by atoms with Crippen LogP contribution in [0.15, 0.2) is 12.2 Å². The summed E-state index contributed by atoms with van der Waals surface area (Å²) in [6.45, 7) is 6.78. The van der Waals surface area contributed by atoms with E-state index in [1.165, 1.54) is 0 Å². The van der Waals surface area contributed by atoms with Crippen molar-refractivity contribution in [1.29, 1.82) is 0 Å². The number of likely N-dealkylation sites (tertiary alicyclic amines) is 1. The van der Waals surface area contributed by atoms with Crippen molar-refractivity contribution in [3.8, 4) is 0 Å². The van der Waals surface area contributed by atoms with E-state index in [2.05, 4.69) is 28.1 Å². The summed E-state index contributed by atoms with van der Waals surface area (Å²) in [5.41, 5.74) is 5.28. The summed E-state index contributed by atoms with van der Waals surface area (Å²) in [6, 6.07) is -2.53. The van der Waals surface area contributed by atoms with Gasteiger partial charge in [0.25, 0.3) is 0 Å². The molecule has 4 aliphatic carbocycles. The number of hydrogen-bond acceptors (Lipinski definition) is 5. The first-order chi connectivity index (χ1) is 18.4. The molecule has 0 aromatic carbocycles. The molecule has 10 heteroatoms. The van der Waals surface area contributed by atoms with E-state index in [0.717, 1.165) is 25.7 Å². The molecular weight excluding hydrogens is 498 g/mol. The maximum absolute atomic E-state index is 14.2. The number of nitrogens with two attached hydrogens (primary N) is 1. The third-order valence-corrected chi connectivity index (χ3v) is 10.5. The van der Waals surface area contributed by atoms with Crippen molar-refractivity contribution in [1.82, 2.24) is 20.9 Å². The zero-order chi connectivity index (χ0) is 27.9. The van der Waals surface area contributed by atoms with E-state index in [9.17, 15) is 24.0 Å². The molecule has 9 atom stereocenters. The van der Waals surface area contributed by atoms with Gasteiger partial charge in [0.2, 0.25) is 29.5 Å². The highest BCUT2D eigenvalue weighted by Crippen LogP contribution is 2.70. The van der Waals surface area contributed by atoms with Crippen LogP contribution in [0, 0.1) is 46.3 Å². The van der Waals surface area contributed by atoms with Gasteiger partial charge in [0.05, 0.1) is 0 Å². The number of fused-ring (bicyclic) bond motifs is 5. The van der Waals surface area contributed by atoms with Crippen LogP contribution < -0.4 is 21.7 Å². The molecule has 6 aliphatic rings. The van der Waals surface area contributed by atoms with Gasteiger partial charge in [-0.05, 0) is 73.0 Å². The van der Waals surface area contributed by atoms with Crippen LogP contribution in [0.4, 0.5) is 0 Å². The summed E-state index contributed by atoms with van der Waals surface area (Å²) < 4.78 is 0. The molecular formula is C29H41N5O5. The van der Waals surface area contributed by atoms with Gasteiger partial charge >= 0.3 is 0 Å². The van der Waals surface area contributed by atoms with Gasteiger partial charge in [-0.3, -0.25) is 24.0 Å². The molecule has 0 aromatic rings. The predicted octanol–water partition coefficient (Wildman–Crippen LogP) is 0.463. The second kappa shape index (κ2) is 9.06. The number of carbonyl (C=O) groups excluding carboxylic acids is 5. The third kappa shape index (κ3) is 4.53. The average Bonchev–Trinajstić information content (AvgIpc) is 3.46. The first-order valence-electron chi connectivity index (χ1n) is 14.6. The van der Waals surface area contributed by atoms with Crippen LogP contribution in [0.5, 0.6) is 0 Å². The van der Waals surface area contributed by atoms with Crippen LogP contribution in [0.1, 0.15) is 59.3 Å². The van der Waals surface area contributed by atoms with Crippen molar-refractivity contribution in [3.63, 3.8) is 0 Å². The Labute approximate surface area is 229 Å². The minimum atomic E-state index is -1.00. The lowest BCUT2D eigenvalue weighted by Gasteiger charge is -2.37. The molecule has 2 heterocycles. The Bertz CT molecular complexity index is 1140. The lowest BCUT2D eigenvalue weighted by Crippen LogP contribution is -2.60. The molecule has 10 nitrogen and oxygen atoms in total. The number of allylic oxidation sites excluding steroid dienone is 2. The summed E-state index contributed by atoms with van der Waals surface area (Å²) in [5.74, 6) is -1.36. The van der Waals surface area contributed by atoms with E-state index in [-0.39, 0.29) is 59.1 Å². The van der Waals surface area contributed by atoms with Crippen molar-refractivity contribution in [3.05, 3.63) is 12.2 Å². The number of amides is 5. The highest BCUT2D eigenvalue weighted by molar-refractivity contribution is 5.96. The van der Waals surface area contributed by atoms with Gasteiger partial charge in [0.1, 0.15) is 18.1 Å². The number of carbonyl (C=O) groups is 5. The molecule has 2 aliphatic heterocycles.